The minimum Gasteiger partial charge on any atom is -0.468 e. The van der Waals surface area contributed by atoms with E-state index in [2.05, 4.69) is 6.92 Å². The molecule has 0 aliphatic carbocycles. The minimum atomic E-state index is -1.47. The predicted molar refractivity (Wildman–Crippen MR) is 107 cm³/mol. The quantitative estimate of drug-likeness (QED) is 0.326. The lowest BCUT2D eigenvalue weighted by atomic mass is 9.76. The molecule has 0 unspecified atom stereocenters. The van der Waals surface area contributed by atoms with Crippen LogP contribution in [0.15, 0.2) is 54.6 Å². The van der Waals surface area contributed by atoms with E-state index in [9.17, 15) is 9.59 Å². The first kappa shape index (κ1) is 21.5. The highest BCUT2D eigenvalue weighted by Gasteiger charge is 2.49. The maximum atomic E-state index is 12.7. The summed E-state index contributed by atoms with van der Waals surface area (Å²) in [5.74, 6) is 0.117. The van der Waals surface area contributed by atoms with Gasteiger partial charge >= 0.3 is 11.9 Å². The fourth-order valence-electron chi connectivity index (χ4n) is 3.27. The molecular formula is C23H28O5. The molecule has 0 saturated heterocycles. The Morgan fingerprint density at radius 3 is 1.89 bits per heavy atom. The zero-order valence-electron chi connectivity index (χ0n) is 16.8. The summed E-state index contributed by atoms with van der Waals surface area (Å²) in [4.78, 5) is 25.4. The molecule has 2 rings (SSSR count). The third kappa shape index (κ3) is 4.91. The zero-order chi connectivity index (χ0) is 20.4. The number of benzene rings is 2. The van der Waals surface area contributed by atoms with Crippen molar-refractivity contribution in [3.63, 3.8) is 0 Å². The van der Waals surface area contributed by atoms with Crippen molar-refractivity contribution in [2.75, 3.05) is 14.2 Å². The van der Waals surface area contributed by atoms with Crippen LogP contribution in [0.2, 0.25) is 0 Å². The average Bonchev–Trinajstić information content (AvgIpc) is 2.74. The summed E-state index contributed by atoms with van der Waals surface area (Å²) in [6.07, 6.45) is 4.10. The number of ether oxygens (including phenoxy) is 3. The van der Waals surface area contributed by atoms with Gasteiger partial charge in [0.25, 0.3) is 0 Å². The van der Waals surface area contributed by atoms with Gasteiger partial charge in [0.15, 0.2) is 5.41 Å². The van der Waals surface area contributed by atoms with Gasteiger partial charge in [-0.05, 0) is 36.2 Å². The SMILES string of the molecule is CCCCCCC(C(=O)OC)(C(=O)OC)c1ccc(Oc2ccccc2)cc1. The van der Waals surface area contributed by atoms with Gasteiger partial charge < -0.3 is 14.2 Å². The van der Waals surface area contributed by atoms with Crippen LogP contribution in [0.1, 0.15) is 44.6 Å². The number of unbranched alkanes of at least 4 members (excludes halogenated alkanes) is 3. The van der Waals surface area contributed by atoms with Crippen molar-refractivity contribution < 1.29 is 23.8 Å². The lowest BCUT2D eigenvalue weighted by Gasteiger charge is -2.29. The molecule has 0 aromatic heterocycles. The van der Waals surface area contributed by atoms with Crippen LogP contribution in [0, 0.1) is 0 Å². The third-order valence-electron chi connectivity index (χ3n) is 4.80. The largest absolute Gasteiger partial charge is 0.468 e. The topological polar surface area (TPSA) is 61.8 Å². The van der Waals surface area contributed by atoms with E-state index < -0.39 is 17.4 Å². The van der Waals surface area contributed by atoms with E-state index in [1.165, 1.54) is 14.2 Å². The number of carbonyl (C=O) groups excluding carboxylic acids is 2. The molecule has 0 spiro atoms. The van der Waals surface area contributed by atoms with Crippen molar-refractivity contribution in [3.05, 3.63) is 60.2 Å². The molecule has 28 heavy (non-hydrogen) atoms. The van der Waals surface area contributed by atoms with Crippen LogP contribution >= 0.6 is 0 Å². The van der Waals surface area contributed by atoms with Crippen molar-refractivity contribution in [1.82, 2.24) is 0 Å². The van der Waals surface area contributed by atoms with Crippen LogP contribution in [-0.2, 0) is 24.5 Å². The molecule has 0 fully saturated rings. The Hall–Kier alpha value is -2.82. The van der Waals surface area contributed by atoms with E-state index in [4.69, 9.17) is 14.2 Å². The fourth-order valence-corrected chi connectivity index (χ4v) is 3.27. The van der Waals surface area contributed by atoms with Gasteiger partial charge in [0.05, 0.1) is 14.2 Å². The van der Waals surface area contributed by atoms with Gasteiger partial charge in [-0.15, -0.1) is 0 Å². The van der Waals surface area contributed by atoms with E-state index in [0.29, 0.717) is 23.5 Å². The molecule has 5 nitrogen and oxygen atoms in total. The molecule has 0 radical (unpaired) electrons. The van der Waals surface area contributed by atoms with Gasteiger partial charge in [0.2, 0.25) is 0 Å². The van der Waals surface area contributed by atoms with Gasteiger partial charge in [-0.1, -0.05) is 62.9 Å². The van der Waals surface area contributed by atoms with Crippen molar-refractivity contribution in [1.29, 1.82) is 0 Å². The number of rotatable bonds is 10. The fraction of sp³-hybridized carbons (Fsp3) is 0.391. The average molecular weight is 384 g/mol. The Morgan fingerprint density at radius 2 is 1.36 bits per heavy atom. The second kappa shape index (κ2) is 10.5. The maximum Gasteiger partial charge on any atom is 0.327 e. The molecule has 0 amide bonds. The van der Waals surface area contributed by atoms with Gasteiger partial charge in [0, 0.05) is 0 Å². The third-order valence-corrected chi connectivity index (χ3v) is 4.80. The Morgan fingerprint density at radius 1 is 0.786 bits per heavy atom. The minimum absolute atomic E-state index is 0.339. The van der Waals surface area contributed by atoms with Crippen LogP contribution in [0.3, 0.4) is 0 Å². The van der Waals surface area contributed by atoms with Crippen LogP contribution in [0.25, 0.3) is 0 Å². The van der Waals surface area contributed by atoms with E-state index in [0.717, 1.165) is 25.7 Å². The van der Waals surface area contributed by atoms with Gasteiger partial charge in [-0.3, -0.25) is 9.59 Å². The molecule has 150 valence electrons. The summed E-state index contributed by atoms with van der Waals surface area (Å²) >= 11 is 0. The van der Waals surface area contributed by atoms with E-state index in [1.807, 2.05) is 30.3 Å². The van der Waals surface area contributed by atoms with E-state index >= 15 is 0 Å². The molecule has 0 atom stereocenters. The smallest absolute Gasteiger partial charge is 0.327 e. The number of hydrogen-bond donors (Lipinski definition) is 0. The van der Waals surface area contributed by atoms with Crippen LogP contribution in [0.5, 0.6) is 11.5 Å². The van der Waals surface area contributed by atoms with Gasteiger partial charge in [-0.2, -0.15) is 0 Å². The number of carbonyl (C=O) groups is 2. The second-order valence-corrected chi connectivity index (χ2v) is 6.64. The van der Waals surface area contributed by atoms with Crippen LogP contribution in [0.4, 0.5) is 0 Å². The predicted octanol–water partition coefficient (Wildman–Crippen LogP) is 5.03. The first-order chi connectivity index (χ1) is 13.6. The molecule has 2 aromatic carbocycles. The first-order valence-electron chi connectivity index (χ1n) is 9.58. The number of esters is 2. The van der Waals surface area contributed by atoms with Crippen molar-refractivity contribution in [2.45, 2.75) is 44.4 Å². The highest BCUT2D eigenvalue weighted by atomic mass is 16.5. The summed E-state index contributed by atoms with van der Waals surface area (Å²) in [7, 11) is 2.58. The number of methoxy groups -OCH3 is 2. The highest BCUT2D eigenvalue weighted by molar-refractivity contribution is 6.06. The summed E-state index contributed by atoms with van der Waals surface area (Å²) < 4.78 is 15.8. The normalized spacial score (nSPS) is 11.0. The molecule has 5 heteroatoms. The number of hydrogen-bond acceptors (Lipinski definition) is 5. The molecule has 0 heterocycles. The Balaban J connectivity index is 2.32. The highest BCUT2D eigenvalue weighted by Crippen LogP contribution is 2.35. The Bertz CT molecular complexity index is 736. The molecule has 0 saturated carbocycles. The lowest BCUT2D eigenvalue weighted by Crippen LogP contribution is -2.45. The zero-order valence-corrected chi connectivity index (χ0v) is 16.8. The lowest BCUT2D eigenvalue weighted by molar-refractivity contribution is -0.162. The first-order valence-corrected chi connectivity index (χ1v) is 9.58. The second-order valence-electron chi connectivity index (χ2n) is 6.64. The summed E-state index contributed by atoms with van der Waals surface area (Å²) in [5, 5.41) is 0. The summed E-state index contributed by atoms with van der Waals surface area (Å²) in [6, 6.07) is 16.3. The Kier molecular flexibility index (Phi) is 8.05. The standard InChI is InChI=1S/C23H28O5/c1-4-5-6-10-17-23(21(24)26-2,22(25)27-3)18-13-15-20(16-14-18)28-19-11-8-7-9-12-19/h7-9,11-16H,4-6,10,17H2,1-3H3. The number of para-hydroxylation sites is 1. The molecule has 2 aromatic rings. The van der Waals surface area contributed by atoms with E-state index in [1.54, 1.807) is 24.3 Å². The molecular weight excluding hydrogens is 356 g/mol. The summed E-state index contributed by atoms with van der Waals surface area (Å²) in [6.45, 7) is 2.11. The Labute approximate surface area is 166 Å². The van der Waals surface area contributed by atoms with Gasteiger partial charge in [0.1, 0.15) is 11.5 Å². The van der Waals surface area contributed by atoms with Crippen molar-refractivity contribution in [3.8, 4) is 11.5 Å². The summed E-state index contributed by atoms with van der Waals surface area (Å²) in [5.41, 5.74) is -0.925. The molecule has 0 aliphatic rings. The molecule has 0 bridgehead atoms. The molecule has 0 aliphatic heterocycles. The monoisotopic (exact) mass is 384 g/mol. The van der Waals surface area contributed by atoms with E-state index in [-0.39, 0.29) is 0 Å². The maximum absolute atomic E-state index is 12.7. The van der Waals surface area contributed by atoms with Crippen LogP contribution < -0.4 is 4.74 Å². The molecule has 0 N–H and O–H groups in total. The van der Waals surface area contributed by atoms with Crippen LogP contribution in [-0.4, -0.2) is 26.2 Å². The van der Waals surface area contributed by atoms with Crippen molar-refractivity contribution >= 4 is 11.9 Å². The van der Waals surface area contributed by atoms with Gasteiger partial charge in [-0.25, -0.2) is 0 Å². The van der Waals surface area contributed by atoms with Crippen molar-refractivity contribution in [2.24, 2.45) is 0 Å².